The molecule has 0 bridgehead atoms. The maximum Gasteiger partial charge on any atom is 0.272 e. The van der Waals surface area contributed by atoms with Crippen molar-refractivity contribution in [1.82, 2.24) is 15.2 Å². The van der Waals surface area contributed by atoms with Crippen LogP contribution in [0.15, 0.2) is 12.1 Å². The fraction of sp³-hybridized carbons (Fsp3) is 0.533. The fourth-order valence-corrected chi connectivity index (χ4v) is 2.76. The number of carbonyl (C=O) groups is 2. The van der Waals surface area contributed by atoms with Crippen LogP contribution < -0.4 is 20.7 Å². The van der Waals surface area contributed by atoms with Crippen molar-refractivity contribution in [2.45, 2.75) is 19.4 Å². The molecule has 2 aliphatic rings. The highest BCUT2D eigenvalue weighted by atomic mass is 16.5. The highest BCUT2D eigenvalue weighted by Gasteiger charge is 2.43. The number of nitrogens with one attached hydrogen (secondary N) is 1. The summed E-state index contributed by atoms with van der Waals surface area (Å²) in [4.78, 5) is 32.5. The summed E-state index contributed by atoms with van der Waals surface area (Å²) in [6.45, 7) is 6.09. The number of amides is 2. The molecule has 8 heteroatoms. The van der Waals surface area contributed by atoms with Crippen LogP contribution in [-0.4, -0.2) is 60.0 Å². The molecular formula is C15H21N5O3. The Morgan fingerprint density at radius 1 is 1.39 bits per heavy atom. The molecule has 23 heavy (non-hydrogen) atoms. The molecule has 1 saturated heterocycles. The van der Waals surface area contributed by atoms with Crippen molar-refractivity contribution in [3.05, 3.63) is 12.1 Å². The SMILES string of the molecule is CC1(C)Oc2ccc(N)nc2N(CC(=O)N2CCNCC2)C1=O. The first-order valence-corrected chi connectivity index (χ1v) is 7.64. The maximum atomic E-state index is 12.7. The van der Waals surface area contributed by atoms with Gasteiger partial charge in [-0.05, 0) is 26.0 Å². The number of ether oxygens (including phenoxy) is 1. The fourth-order valence-electron chi connectivity index (χ4n) is 2.76. The van der Waals surface area contributed by atoms with Gasteiger partial charge in [0, 0.05) is 26.2 Å². The Morgan fingerprint density at radius 3 is 2.78 bits per heavy atom. The van der Waals surface area contributed by atoms with Gasteiger partial charge in [0.25, 0.3) is 5.91 Å². The van der Waals surface area contributed by atoms with Crippen LogP contribution in [0.3, 0.4) is 0 Å². The van der Waals surface area contributed by atoms with E-state index >= 15 is 0 Å². The largest absolute Gasteiger partial charge is 0.474 e. The van der Waals surface area contributed by atoms with Crippen LogP contribution in [0.5, 0.6) is 5.75 Å². The van der Waals surface area contributed by atoms with E-state index in [9.17, 15) is 9.59 Å². The molecule has 1 aromatic rings. The van der Waals surface area contributed by atoms with Crippen LogP contribution in [-0.2, 0) is 9.59 Å². The number of hydrogen-bond acceptors (Lipinski definition) is 6. The first kappa shape index (κ1) is 15.5. The van der Waals surface area contributed by atoms with E-state index in [0.29, 0.717) is 24.7 Å². The lowest BCUT2D eigenvalue weighted by Crippen LogP contribution is -2.57. The number of rotatable bonds is 2. The monoisotopic (exact) mass is 319 g/mol. The number of nitrogens with two attached hydrogens (primary N) is 1. The molecule has 0 aliphatic carbocycles. The summed E-state index contributed by atoms with van der Waals surface area (Å²) < 4.78 is 5.70. The lowest BCUT2D eigenvalue weighted by atomic mass is 10.1. The minimum absolute atomic E-state index is 0.0604. The van der Waals surface area contributed by atoms with E-state index in [-0.39, 0.29) is 24.2 Å². The van der Waals surface area contributed by atoms with E-state index in [1.54, 1.807) is 30.9 Å². The summed E-state index contributed by atoms with van der Waals surface area (Å²) in [5.41, 5.74) is 4.68. The van der Waals surface area contributed by atoms with Gasteiger partial charge in [0.1, 0.15) is 12.4 Å². The Bertz CT molecular complexity index is 640. The van der Waals surface area contributed by atoms with Crippen molar-refractivity contribution in [1.29, 1.82) is 0 Å². The predicted octanol–water partition coefficient (Wildman–Crippen LogP) is -0.400. The smallest absolute Gasteiger partial charge is 0.272 e. The number of carbonyl (C=O) groups excluding carboxylic acids is 2. The van der Waals surface area contributed by atoms with Gasteiger partial charge in [0.2, 0.25) is 5.91 Å². The van der Waals surface area contributed by atoms with E-state index < -0.39 is 5.60 Å². The molecule has 8 nitrogen and oxygen atoms in total. The third-order valence-electron chi connectivity index (χ3n) is 4.00. The van der Waals surface area contributed by atoms with E-state index in [0.717, 1.165) is 13.1 Å². The van der Waals surface area contributed by atoms with Crippen molar-refractivity contribution in [2.75, 3.05) is 43.4 Å². The summed E-state index contributed by atoms with van der Waals surface area (Å²) in [5.74, 6) is 0.633. The van der Waals surface area contributed by atoms with Gasteiger partial charge < -0.3 is 20.7 Å². The number of nitrogens with zero attached hydrogens (tertiary/aromatic N) is 3. The molecule has 2 aliphatic heterocycles. The zero-order valence-electron chi connectivity index (χ0n) is 13.3. The van der Waals surface area contributed by atoms with Gasteiger partial charge in [-0.2, -0.15) is 0 Å². The molecular weight excluding hydrogens is 298 g/mol. The molecule has 3 heterocycles. The van der Waals surface area contributed by atoms with Crippen molar-refractivity contribution >= 4 is 23.5 Å². The lowest BCUT2D eigenvalue weighted by molar-refractivity contribution is -0.136. The van der Waals surface area contributed by atoms with E-state index in [4.69, 9.17) is 10.5 Å². The average Bonchev–Trinajstić information content (AvgIpc) is 2.53. The van der Waals surface area contributed by atoms with Crippen LogP contribution in [0.4, 0.5) is 11.6 Å². The molecule has 0 saturated carbocycles. The molecule has 3 rings (SSSR count). The third kappa shape index (κ3) is 2.94. The minimum Gasteiger partial charge on any atom is -0.474 e. The zero-order chi connectivity index (χ0) is 16.6. The Labute approximate surface area is 134 Å². The summed E-state index contributed by atoms with van der Waals surface area (Å²) in [6.07, 6.45) is 0. The predicted molar refractivity (Wildman–Crippen MR) is 85.2 cm³/mol. The van der Waals surface area contributed by atoms with Gasteiger partial charge in [0.05, 0.1) is 0 Å². The Hall–Kier alpha value is -2.35. The van der Waals surface area contributed by atoms with Crippen LogP contribution in [0, 0.1) is 0 Å². The van der Waals surface area contributed by atoms with Crippen LogP contribution in [0.2, 0.25) is 0 Å². The quantitative estimate of drug-likeness (QED) is 0.769. The number of nitrogen functional groups attached to an aromatic ring is 1. The standard InChI is InChI=1S/C15H21N5O3/c1-15(2)14(22)20(9-12(21)19-7-5-17-6-8-19)13-10(23-15)3-4-11(16)18-13/h3-4,17H,5-9H2,1-2H3,(H2,16,18). The van der Waals surface area contributed by atoms with Gasteiger partial charge >= 0.3 is 0 Å². The summed E-state index contributed by atoms with van der Waals surface area (Å²) in [7, 11) is 0. The van der Waals surface area contributed by atoms with Crippen molar-refractivity contribution in [3.8, 4) is 5.75 Å². The molecule has 0 radical (unpaired) electrons. The molecule has 124 valence electrons. The van der Waals surface area contributed by atoms with Crippen molar-refractivity contribution < 1.29 is 14.3 Å². The van der Waals surface area contributed by atoms with Gasteiger partial charge in [-0.1, -0.05) is 0 Å². The van der Waals surface area contributed by atoms with Crippen molar-refractivity contribution in [2.24, 2.45) is 0 Å². The van der Waals surface area contributed by atoms with Gasteiger partial charge in [-0.15, -0.1) is 0 Å². The second-order valence-electron chi connectivity index (χ2n) is 6.19. The molecule has 1 aromatic heterocycles. The van der Waals surface area contributed by atoms with Crippen LogP contribution in [0.25, 0.3) is 0 Å². The van der Waals surface area contributed by atoms with Gasteiger partial charge in [0.15, 0.2) is 17.2 Å². The Morgan fingerprint density at radius 2 is 2.09 bits per heavy atom. The van der Waals surface area contributed by atoms with E-state index in [1.165, 1.54) is 4.90 Å². The molecule has 3 N–H and O–H groups in total. The molecule has 2 amide bonds. The summed E-state index contributed by atoms with van der Waals surface area (Å²) in [6, 6.07) is 3.29. The summed E-state index contributed by atoms with van der Waals surface area (Å²) >= 11 is 0. The number of piperazine rings is 1. The van der Waals surface area contributed by atoms with E-state index in [2.05, 4.69) is 10.3 Å². The highest BCUT2D eigenvalue weighted by molar-refractivity contribution is 6.05. The highest BCUT2D eigenvalue weighted by Crippen LogP contribution is 2.36. The number of fused-ring (bicyclic) bond motifs is 1. The number of hydrogen-bond donors (Lipinski definition) is 2. The van der Waals surface area contributed by atoms with Crippen LogP contribution in [0.1, 0.15) is 13.8 Å². The van der Waals surface area contributed by atoms with Gasteiger partial charge in [-0.3, -0.25) is 14.5 Å². The molecule has 0 spiro atoms. The second-order valence-corrected chi connectivity index (χ2v) is 6.19. The van der Waals surface area contributed by atoms with Gasteiger partial charge in [-0.25, -0.2) is 4.98 Å². The number of pyridine rings is 1. The molecule has 0 atom stereocenters. The first-order chi connectivity index (χ1) is 10.9. The van der Waals surface area contributed by atoms with Crippen molar-refractivity contribution in [3.63, 3.8) is 0 Å². The topological polar surface area (TPSA) is 101 Å². The second kappa shape index (κ2) is 5.69. The minimum atomic E-state index is -1.05. The zero-order valence-corrected chi connectivity index (χ0v) is 13.3. The molecule has 0 aromatic carbocycles. The first-order valence-electron chi connectivity index (χ1n) is 7.64. The normalized spacial score (nSPS) is 20.0. The molecule has 0 unspecified atom stereocenters. The van der Waals surface area contributed by atoms with E-state index in [1.807, 2.05) is 0 Å². The maximum absolute atomic E-state index is 12.7. The Balaban J connectivity index is 1.88. The Kier molecular flexibility index (Phi) is 3.85. The number of aromatic nitrogens is 1. The molecule has 1 fully saturated rings. The number of anilines is 2. The summed E-state index contributed by atoms with van der Waals surface area (Å²) in [5, 5.41) is 3.19. The average molecular weight is 319 g/mol. The third-order valence-corrected chi connectivity index (χ3v) is 4.00. The lowest BCUT2D eigenvalue weighted by Gasteiger charge is -2.38. The van der Waals surface area contributed by atoms with Crippen LogP contribution >= 0.6 is 0 Å².